The summed E-state index contributed by atoms with van der Waals surface area (Å²) in [6.45, 7) is 0. The summed E-state index contributed by atoms with van der Waals surface area (Å²) >= 11 is 2.45. The summed E-state index contributed by atoms with van der Waals surface area (Å²) in [6, 6.07) is 5.34. The zero-order chi connectivity index (χ0) is 14.8. The van der Waals surface area contributed by atoms with Gasteiger partial charge in [-0.1, -0.05) is 4.49 Å². The van der Waals surface area contributed by atoms with Crippen LogP contribution in [-0.2, 0) is 0 Å². The lowest BCUT2D eigenvalue weighted by atomic mass is 10.1. The van der Waals surface area contributed by atoms with Gasteiger partial charge in [-0.05, 0) is 40.0 Å². The lowest BCUT2D eigenvalue weighted by Crippen LogP contribution is -2.27. The highest BCUT2D eigenvalue weighted by molar-refractivity contribution is 7.13. The Morgan fingerprint density at radius 2 is 2.33 bits per heavy atom. The van der Waals surface area contributed by atoms with Gasteiger partial charge in [-0.25, -0.2) is 4.39 Å². The quantitative estimate of drug-likeness (QED) is 0.805. The number of aromatic nitrogens is 2. The van der Waals surface area contributed by atoms with Crippen molar-refractivity contribution in [2.75, 3.05) is 0 Å². The highest BCUT2D eigenvalue weighted by atomic mass is 32.1. The number of halogens is 1. The SMILES string of the molecule is N#CC(NC(=O)c1cc(F)cc2nnsc12)c1ccsc1. The number of hydrogen-bond acceptors (Lipinski definition) is 6. The molecule has 1 atom stereocenters. The van der Waals surface area contributed by atoms with Gasteiger partial charge >= 0.3 is 0 Å². The number of carbonyl (C=O) groups excluding carboxylic acids is 1. The van der Waals surface area contributed by atoms with Crippen molar-refractivity contribution in [2.24, 2.45) is 0 Å². The summed E-state index contributed by atoms with van der Waals surface area (Å²) in [4.78, 5) is 12.3. The Balaban J connectivity index is 1.94. The van der Waals surface area contributed by atoms with Gasteiger partial charge in [0.2, 0.25) is 0 Å². The summed E-state index contributed by atoms with van der Waals surface area (Å²) in [5, 5.41) is 19.1. The molecule has 2 aromatic heterocycles. The van der Waals surface area contributed by atoms with Crippen LogP contribution in [0.2, 0.25) is 0 Å². The molecule has 0 aliphatic rings. The van der Waals surface area contributed by atoms with E-state index in [2.05, 4.69) is 14.9 Å². The van der Waals surface area contributed by atoms with E-state index in [1.165, 1.54) is 17.4 Å². The summed E-state index contributed by atoms with van der Waals surface area (Å²) < 4.78 is 17.7. The summed E-state index contributed by atoms with van der Waals surface area (Å²) in [7, 11) is 0. The van der Waals surface area contributed by atoms with Crippen molar-refractivity contribution in [3.63, 3.8) is 0 Å². The molecule has 1 unspecified atom stereocenters. The van der Waals surface area contributed by atoms with Crippen LogP contribution in [0.15, 0.2) is 29.0 Å². The van der Waals surface area contributed by atoms with E-state index in [0.717, 1.165) is 17.6 Å². The number of thiophene rings is 1. The monoisotopic (exact) mass is 318 g/mol. The first-order valence-corrected chi connectivity index (χ1v) is 7.55. The van der Waals surface area contributed by atoms with Crippen LogP contribution in [0.3, 0.4) is 0 Å². The number of hydrogen-bond donors (Lipinski definition) is 1. The van der Waals surface area contributed by atoms with Gasteiger partial charge < -0.3 is 5.32 Å². The van der Waals surface area contributed by atoms with Gasteiger partial charge in [0, 0.05) is 6.07 Å². The van der Waals surface area contributed by atoms with Crippen LogP contribution in [-0.4, -0.2) is 15.5 Å². The average molecular weight is 318 g/mol. The Morgan fingerprint density at radius 3 is 3.05 bits per heavy atom. The minimum Gasteiger partial charge on any atom is -0.332 e. The molecular formula is C13H7FN4OS2. The van der Waals surface area contributed by atoms with Crippen molar-refractivity contribution in [3.8, 4) is 6.07 Å². The number of nitriles is 1. The molecule has 0 aliphatic heterocycles. The second-order valence-corrected chi connectivity index (χ2v) is 5.70. The predicted octanol–water partition coefficient (Wildman–Crippen LogP) is 2.89. The van der Waals surface area contributed by atoms with Crippen LogP contribution in [0.1, 0.15) is 22.0 Å². The minimum atomic E-state index is -0.775. The second-order valence-electron chi connectivity index (χ2n) is 4.17. The zero-order valence-electron chi connectivity index (χ0n) is 10.4. The largest absolute Gasteiger partial charge is 0.332 e. The first kappa shape index (κ1) is 13.6. The van der Waals surface area contributed by atoms with E-state index in [0.29, 0.717) is 15.8 Å². The highest BCUT2D eigenvalue weighted by Crippen LogP contribution is 2.23. The predicted molar refractivity (Wildman–Crippen MR) is 77.5 cm³/mol. The van der Waals surface area contributed by atoms with E-state index >= 15 is 0 Å². The summed E-state index contributed by atoms with van der Waals surface area (Å²) in [5.74, 6) is -1.09. The van der Waals surface area contributed by atoms with Crippen molar-refractivity contribution in [2.45, 2.75) is 6.04 Å². The molecule has 5 nitrogen and oxygen atoms in total. The molecule has 8 heteroatoms. The molecule has 0 saturated carbocycles. The van der Waals surface area contributed by atoms with E-state index in [4.69, 9.17) is 5.26 Å². The zero-order valence-corrected chi connectivity index (χ0v) is 12.0. The van der Waals surface area contributed by atoms with Crippen molar-refractivity contribution in [1.29, 1.82) is 5.26 Å². The standard InChI is InChI=1S/C13H7FN4OS2/c14-8-3-9(12-10(4-8)17-18-21-12)13(19)16-11(5-15)7-1-2-20-6-7/h1-4,6,11H,(H,16,19). The van der Waals surface area contributed by atoms with E-state index in [1.54, 1.807) is 11.4 Å². The molecule has 21 heavy (non-hydrogen) atoms. The number of fused-ring (bicyclic) bond motifs is 1. The molecule has 3 aromatic rings. The van der Waals surface area contributed by atoms with Crippen LogP contribution < -0.4 is 5.32 Å². The fourth-order valence-electron chi connectivity index (χ4n) is 1.86. The van der Waals surface area contributed by atoms with Gasteiger partial charge in [0.15, 0.2) is 0 Å². The van der Waals surface area contributed by atoms with E-state index in [1.807, 2.05) is 11.4 Å². The van der Waals surface area contributed by atoms with E-state index in [-0.39, 0.29) is 5.56 Å². The number of benzene rings is 1. The Labute approximate surface area is 126 Å². The molecule has 0 radical (unpaired) electrons. The molecule has 0 bridgehead atoms. The van der Waals surface area contributed by atoms with Gasteiger partial charge in [-0.15, -0.1) is 5.10 Å². The van der Waals surface area contributed by atoms with Gasteiger partial charge in [0.1, 0.15) is 17.4 Å². The number of amides is 1. The fraction of sp³-hybridized carbons (Fsp3) is 0.0769. The molecule has 0 spiro atoms. The van der Waals surface area contributed by atoms with Gasteiger partial charge in [0.25, 0.3) is 5.91 Å². The fourth-order valence-corrected chi connectivity index (χ4v) is 3.20. The molecule has 1 N–H and O–H groups in total. The Kier molecular flexibility index (Phi) is 3.60. The Morgan fingerprint density at radius 1 is 1.48 bits per heavy atom. The molecule has 3 rings (SSSR count). The number of nitrogens with one attached hydrogen (secondary N) is 1. The number of carbonyl (C=O) groups is 1. The first-order valence-electron chi connectivity index (χ1n) is 5.83. The normalized spacial score (nSPS) is 12.0. The third-order valence-electron chi connectivity index (χ3n) is 2.84. The van der Waals surface area contributed by atoms with Gasteiger partial charge in [-0.3, -0.25) is 4.79 Å². The first-order chi connectivity index (χ1) is 10.2. The molecule has 1 aromatic carbocycles. The molecule has 104 valence electrons. The smallest absolute Gasteiger partial charge is 0.254 e. The number of nitrogens with zero attached hydrogens (tertiary/aromatic N) is 3. The van der Waals surface area contributed by atoms with E-state index < -0.39 is 17.8 Å². The van der Waals surface area contributed by atoms with Crippen LogP contribution in [0, 0.1) is 17.1 Å². The topological polar surface area (TPSA) is 78.7 Å². The molecule has 0 fully saturated rings. The molecule has 1 amide bonds. The molecule has 0 saturated heterocycles. The van der Waals surface area contributed by atoms with Crippen LogP contribution in [0.4, 0.5) is 4.39 Å². The molecular weight excluding hydrogens is 311 g/mol. The molecule has 0 aliphatic carbocycles. The van der Waals surface area contributed by atoms with Crippen molar-refractivity contribution >= 4 is 39.0 Å². The minimum absolute atomic E-state index is 0.135. The van der Waals surface area contributed by atoms with Gasteiger partial charge in [0.05, 0.1) is 16.3 Å². The summed E-state index contributed by atoms with van der Waals surface area (Å²) in [5.41, 5.74) is 1.16. The third kappa shape index (κ3) is 2.61. The maximum absolute atomic E-state index is 13.5. The van der Waals surface area contributed by atoms with E-state index in [9.17, 15) is 9.18 Å². The maximum atomic E-state index is 13.5. The third-order valence-corrected chi connectivity index (χ3v) is 4.32. The second kappa shape index (κ2) is 5.55. The lowest BCUT2D eigenvalue weighted by molar-refractivity contribution is 0.0946. The van der Waals surface area contributed by atoms with Gasteiger partial charge in [-0.2, -0.15) is 16.6 Å². The Hall–Kier alpha value is -2.37. The number of rotatable bonds is 3. The summed E-state index contributed by atoms with van der Waals surface area (Å²) in [6.07, 6.45) is 0. The lowest BCUT2D eigenvalue weighted by Gasteiger charge is -2.10. The molecule has 2 heterocycles. The van der Waals surface area contributed by atoms with Crippen LogP contribution in [0.25, 0.3) is 10.2 Å². The maximum Gasteiger partial charge on any atom is 0.254 e. The van der Waals surface area contributed by atoms with Crippen molar-refractivity contribution < 1.29 is 9.18 Å². The Bertz CT molecular complexity index is 838. The van der Waals surface area contributed by atoms with Crippen LogP contribution in [0.5, 0.6) is 0 Å². The highest BCUT2D eigenvalue weighted by Gasteiger charge is 2.19. The average Bonchev–Trinajstić information content (AvgIpc) is 3.14. The van der Waals surface area contributed by atoms with Crippen LogP contribution >= 0.6 is 22.9 Å². The van der Waals surface area contributed by atoms with Crippen molar-refractivity contribution in [3.05, 3.63) is 45.9 Å². The van der Waals surface area contributed by atoms with Crippen molar-refractivity contribution in [1.82, 2.24) is 14.9 Å².